The Labute approximate surface area is 191 Å². The van der Waals surface area contributed by atoms with Gasteiger partial charge >= 0.3 is 0 Å². The number of rotatable bonds is 5. The molecule has 7 heteroatoms. The molecule has 0 spiro atoms. The molecule has 2 aromatic carbocycles. The number of ether oxygens (including phenoxy) is 1. The minimum Gasteiger partial charge on any atom is -0.496 e. The molecule has 2 N–H and O–H groups in total. The van der Waals surface area contributed by atoms with Gasteiger partial charge in [0.15, 0.2) is 0 Å². The summed E-state index contributed by atoms with van der Waals surface area (Å²) in [4.78, 5) is 35.5. The molecule has 0 saturated heterocycles. The molecule has 2 amide bonds. The summed E-state index contributed by atoms with van der Waals surface area (Å²) in [5.74, 6) is 0.384. The third kappa shape index (κ3) is 4.17. The lowest BCUT2D eigenvalue weighted by Gasteiger charge is -2.29. The van der Waals surface area contributed by atoms with Crippen molar-refractivity contribution >= 4 is 34.1 Å². The number of aromatic amines is 1. The predicted molar refractivity (Wildman–Crippen MR) is 128 cm³/mol. The number of pyridine rings is 1. The fraction of sp³-hybridized carbons (Fsp3) is 0.192. The number of amides is 2. The van der Waals surface area contributed by atoms with Crippen LogP contribution in [0.3, 0.4) is 0 Å². The number of H-pyrrole nitrogens is 1. The van der Waals surface area contributed by atoms with Crippen LogP contribution < -0.4 is 15.0 Å². The molecule has 33 heavy (non-hydrogen) atoms. The number of carbonyl (C=O) groups is 2. The molecule has 0 radical (unpaired) electrons. The van der Waals surface area contributed by atoms with E-state index in [-0.39, 0.29) is 18.2 Å². The summed E-state index contributed by atoms with van der Waals surface area (Å²) >= 11 is 0. The lowest BCUT2D eigenvalue weighted by atomic mass is 10.0. The van der Waals surface area contributed by atoms with E-state index < -0.39 is 0 Å². The van der Waals surface area contributed by atoms with Crippen molar-refractivity contribution in [3.63, 3.8) is 0 Å². The summed E-state index contributed by atoms with van der Waals surface area (Å²) in [6.45, 7) is 0.595. The average molecular weight is 441 g/mol. The van der Waals surface area contributed by atoms with Crippen LogP contribution in [-0.4, -0.2) is 35.4 Å². The maximum atomic E-state index is 13.2. The van der Waals surface area contributed by atoms with Crippen LogP contribution in [0.25, 0.3) is 10.9 Å². The lowest BCUT2D eigenvalue weighted by molar-refractivity contribution is -0.118. The van der Waals surface area contributed by atoms with Crippen molar-refractivity contribution < 1.29 is 14.3 Å². The second-order valence-corrected chi connectivity index (χ2v) is 8.06. The van der Waals surface area contributed by atoms with Gasteiger partial charge in [-0.2, -0.15) is 0 Å². The first-order valence-electron chi connectivity index (χ1n) is 10.9. The van der Waals surface area contributed by atoms with E-state index in [2.05, 4.69) is 15.3 Å². The molecule has 1 aliphatic heterocycles. The first kappa shape index (κ1) is 20.8. The second kappa shape index (κ2) is 8.78. The van der Waals surface area contributed by atoms with Gasteiger partial charge in [-0.3, -0.25) is 14.6 Å². The number of anilines is 2. The van der Waals surface area contributed by atoms with E-state index in [1.54, 1.807) is 24.3 Å². The Morgan fingerprint density at radius 2 is 2.03 bits per heavy atom. The summed E-state index contributed by atoms with van der Waals surface area (Å²) in [6.07, 6.45) is 5.27. The van der Waals surface area contributed by atoms with Gasteiger partial charge in [0.1, 0.15) is 5.75 Å². The largest absolute Gasteiger partial charge is 0.496 e. The van der Waals surface area contributed by atoms with E-state index in [1.807, 2.05) is 54.7 Å². The summed E-state index contributed by atoms with van der Waals surface area (Å²) < 4.78 is 5.39. The van der Waals surface area contributed by atoms with Crippen molar-refractivity contribution in [1.29, 1.82) is 0 Å². The van der Waals surface area contributed by atoms with Crippen LogP contribution in [0.1, 0.15) is 28.0 Å². The van der Waals surface area contributed by atoms with Crippen LogP contribution in [0.15, 0.2) is 67.0 Å². The SMILES string of the molecule is COc1ccccc1CC(=O)N1CCCc2ncc(C(=O)Nc3ccc4[nH]ccc4c3)cc21. The molecular weight excluding hydrogens is 416 g/mol. The quantitative estimate of drug-likeness (QED) is 0.483. The van der Waals surface area contributed by atoms with Gasteiger partial charge < -0.3 is 19.9 Å². The molecule has 5 rings (SSSR count). The normalized spacial score (nSPS) is 12.9. The molecule has 0 fully saturated rings. The first-order valence-corrected chi connectivity index (χ1v) is 10.9. The van der Waals surface area contributed by atoms with Crippen LogP contribution in [0.5, 0.6) is 5.75 Å². The number of benzene rings is 2. The van der Waals surface area contributed by atoms with Crippen LogP contribution in [0.4, 0.5) is 11.4 Å². The average Bonchev–Trinajstić information content (AvgIpc) is 3.31. The van der Waals surface area contributed by atoms with Gasteiger partial charge in [0.2, 0.25) is 5.91 Å². The molecule has 1 aliphatic rings. The van der Waals surface area contributed by atoms with E-state index in [4.69, 9.17) is 4.74 Å². The third-order valence-corrected chi connectivity index (χ3v) is 5.94. The minimum absolute atomic E-state index is 0.0438. The maximum absolute atomic E-state index is 13.2. The number of carbonyl (C=O) groups excluding carboxylic acids is 2. The molecule has 4 aromatic rings. The highest BCUT2D eigenvalue weighted by atomic mass is 16.5. The Morgan fingerprint density at radius 1 is 1.15 bits per heavy atom. The van der Waals surface area contributed by atoms with E-state index in [0.29, 0.717) is 29.2 Å². The van der Waals surface area contributed by atoms with Gasteiger partial charge in [0, 0.05) is 41.1 Å². The Balaban J connectivity index is 1.38. The second-order valence-electron chi connectivity index (χ2n) is 8.06. The van der Waals surface area contributed by atoms with Crippen LogP contribution in [0, 0.1) is 0 Å². The summed E-state index contributed by atoms with van der Waals surface area (Å²) in [7, 11) is 1.60. The molecule has 0 bridgehead atoms. The van der Waals surface area contributed by atoms with E-state index in [1.165, 1.54) is 0 Å². The Morgan fingerprint density at radius 3 is 2.91 bits per heavy atom. The summed E-state index contributed by atoms with van der Waals surface area (Å²) in [5, 5.41) is 3.95. The van der Waals surface area contributed by atoms with Crippen LogP contribution >= 0.6 is 0 Å². The zero-order valence-corrected chi connectivity index (χ0v) is 18.3. The molecule has 0 unspecified atom stereocenters. The number of hydrogen-bond acceptors (Lipinski definition) is 4. The molecule has 7 nitrogen and oxygen atoms in total. The number of nitrogens with zero attached hydrogens (tertiary/aromatic N) is 2. The van der Waals surface area contributed by atoms with E-state index in [0.717, 1.165) is 35.0 Å². The topological polar surface area (TPSA) is 87.3 Å². The van der Waals surface area contributed by atoms with Crippen molar-refractivity contribution in [2.45, 2.75) is 19.3 Å². The predicted octanol–water partition coefficient (Wildman–Crippen LogP) is 4.35. The van der Waals surface area contributed by atoms with Gasteiger partial charge in [-0.15, -0.1) is 0 Å². The number of nitrogens with one attached hydrogen (secondary N) is 2. The van der Waals surface area contributed by atoms with Gasteiger partial charge in [0.05, 0.1) is 30.5 Å². The summed E-state index contributed by atoms with van der Waals surface area (Å²) in [6, 6.07) is 16.9. The Kier molecular flexibility index (Phi) is 5.52. The standard InChI is InChI=1S/C26H24N4O3/c1-33-24-7-3-2-5-18(24)15-25(31)30-12-4-6-22-23(30)14-19(16-28-22)26(32)29-20-8-9-21-17(13-20)10-11-27-21/h2-3,5,7-11,13-14,16,27H,4,6,12,15H2,1H3,(H,29,32). The monoisotopic (exact) mass is 440 g/mol. The Bertz CT molecular complexity index is 1340. The molecule has 166 valence electrons. The van der Waals surface area contributed by atoms with Crippen LogP contribution in [0.2, 0.25) is 0 Å². The fourth-order valence-corrected chi connectivity index (χ4v) is 4.26. The van der Waals surface area contributed by atoms with Crippen molar-refractivity contribution in [1.82, 2.24) is 9.97 Å². The highest BCUT2D eigenvalue weighted by molar-refractivity contribution is 6.06. The number of aromatic nitrogens is 2. The third-order valence-electron chi connectivity index (χ3n) is 5.94. The molecule has 0 aliphatic carbocycles. The zero-order valence-electron chi connectivity index (χ0n) is 18.3. The molecule has 0 saturated carbocycles. The minimum atomic E-state index is -0.261. The van der Waals surface area contributed by atoms with Gasteiger partial charge in [-0.25, -0.2) is 0 Å². The molecular formula is C26H24N4O3. The molecule has 2 aromatic heterocycles. The van der Waals surface area contributed by atoms with E-state index >= 15 is 0 Å². The van der Waals surface area contributed by atoms with Gasteiger partial charge in [-0.1, -0.05) is 18.2 Å². The number of hydrogen-bond donors (Lipinski definition) is 2. The lowest BCUT2D eigenvalue weighted by Crippen LogP contribution is -2.37. The van der Waals surface area contributed by atoms with Crippen molar-refractivity contribution in [2.75, 3.05) is 23.9 Å². The van der Waals surface area contributed by atoms with Gasteiger partial charge in [-0.05, 0) is 49.2 Å². The number of aryl methyl sites for hydroxylation is 1. The first-order chi connectivity index (χ1) is 16.1. The molecule has 0 atom stereocenters. The van der Waals surface area contributed by atoms with Crippen molar-refractivity contribution in [3.8, 4) is 5.75 Å². The highest BCUT2D eigenvalue weighted by Gasteiger charge is 2.25. The smallest absolute Gasteiger partial charge is 0.257 e. The highest BCUT2D eigenvalue weighted by Crippen LogP contribution is 2.29. The van der Waals surface area contributed by atoms with Crippen LogP contribution in [-0.2, 0) is 17.6 Å². The summed E-state index contributed by atoms with van der Waals surface area (Å²) in [5.41, 5.74) is 4.50. The van der Waals surface area contributed by atoms with E-state index in [9.17, 15) is 9.59 Å². The fourth-order valence-electron chi connectivity index (χ4n) is 4.26. The molecule has 3 heterocycles. The zero-order chi connectivity index (χ0) is 22.8. The number of methoxy groups -OCH3 is 1. The van der Waals surface area contributed by atoms with Gasteiger partial charge in [0.25, 0.3) is 5.91 Å². The number of fused-ring (bicyclic) bond motifs is 2. The number of para-hydroxylation sites is 1. The Hall–Kier alpha value is -4.13. The maximum Gasteiger partial charge on any atom is 0.257 e. The van der Waals surface area contributed by atoms with Crippen molar-refractivity contribution in [2.24, 2.45) is 0 Å². The van der Waals surface area contributed by atoms with Crippen molar-refractivity contribution in [3.05, 3.63) is 83.8 Å².